The number of hydrogen-bond acceptors (Lipinski definition) is 3. The Bertz CT molecular complexity index is 496. The summed E-state index contributed by atoms with van der Waals surface area (Å²) in [6.45, 7) is 0.612. The molecule has 1 unspecified atom stereocenters. The van der Waals surface area contributed by atoms with E-state index in [9.17, 15) is 9.18 Å². The summed E-state index contributed by atoms with van der Waals surface area (Å²) in [5.41, 5.74) is 0.227. The topological polar surface area (TPSA) is 53.3 Å². The van der Waals surface area contributed by atoms with Crippen molar-refractivity contribution in [2.75, 3.05) is 13.6 Å². The lowest BCUT2D eigenvalue weighted by Gasteiger charge is -2.13. The van der Waals surface area contributed by atoms with Gasteiger partial charge in [0.1, 0.15) is 0 Å². The average molecular weight is 234 g/mol. The molecule has 0 aliphatic carbocycles. The third-order valence-electron chi connectivity index (χ3n) is 2.71. The number of nitrogens with zero attached hydrogens (tertiary/aromatic N) is 2. The fraction of sp³-hybridized carbons (Fsp3) is 0.333. The highest BCUT2D eigenvalue weighted by Gasteiger charge is 2.31. The zero-order valence-electron chi connectivity index (χ0n) is 9.31. The van der Waals surface area contributed by atoms with Crippen molar-refractivity contribution in [2.45, 2.75) is 12.5 Å². The average Bonchev–Trinajstić information content (AvgIpc) is 2.63. The molecule has 17 heavy (non-hydrogen) atoms. The summed E-state index contributed by atoms with van der Waals surface area (Å²) in [5.74, 6) is -0.752. The van der Waals surface area contributed by atoms with Gasteiger partial charge in [0.25, 0.3) is 5.91 Å². The van der Waals surface area contributed by atoms with Crippen molar-refractivity contribution in [3.8, 4) is 11.8 Å². The maximum Gasteiger partial charge on any atom is 0.263 e. The van der Waals surface area contributed by atoms with Crippen LogP contribution in [0.5, 0.6) is 5.75 Å². The number of ether oxygens (including phenoxy) is 1. The fourth-order valence-corrected chi connectivity index (χ4v) is 1.72. The van der Waals surface area contributed by atoms with Gasteiger partial charge in [-0.05, 0) is 18.2 Å². The number of likely N-dealkylation sites (N-methyl/N-ethyl adjacent to an activating group) is 1. The second-order valence-corrected chi connectivity index (χ2v) is 3.91. The van der Waals surface area contributed by atoms with Gasteiger partial charge in [-0.2, -0.15) is 5.26 Å². The number of carbonyl (C=O) groups excluding carboxylic acids is 1. The van der Waals surface area contributed by atoms with E-state index in [1.165, 1.54) is 12.1 Å². The predicted molar refractivity (Wildman–Crippen MR) is 57.8 cm³/mol. The first-order valence-corrected chi connectivity index (χ1v) is 5.23. The molecular formula is C12H11FN2O2. The highest BCUT2D eigenvalue weighted by Crippen LogP contribution is 2.22. The number of hydrogen-bond donors (Lipinski definition) is 0. The maximum atomic E-state index is 13.5. The number of benzene rings is 1. The quantitative estimate of drug-likeness (QED) is 0.775. The van der Waals surface area contributed by atoms with Crippen molar-refractivity contribution in [3.05, 3.63) is 29.6 Å². The smallest absolute Gasteiger partial charge is 0.263 e. The van der Waals surface area contributed by atoms with Crippen LogP contribution < -0.4 is 4.74 Å². The number of nitriles is 1. The summed E-state index contributed by atoms with van der Waals surface area (Å²) in [4.78, 5) is 13.1. The van der Waals surface area contributed by atoms with E-state index < -0.39 is 11.9 Å². The highest BCUT2D eigenvalue weighted by atomic mass is 19.1. The SMILES string of the molecule is CN1CCC(Oc2ccc(C#N)cc2F)C1=O. The second kappa shape index (κ2) is 4.42. The Kier molecular flexibility index (Phi) is 2.96. The van der Waals surface area contributed by atoms with Gasteiger partial charge in [0, 0.05) is 20.0 Å². The van der Waals surface area contributed by atoms with Crippen LogP contribution >= 0.6 is 0 Å². The van der Waals surface area contributed by atoms with Gasteiger partial charge < -0.3 is 9.64 Å². The van der Waals surface area contributed by atoms with Gasteiger partial charge >= 0.3 is 0 Å². The third-order valence-corrected chi connectivity index (χ3v) is 2.71. The van der Waals surface area contributed by atoms with Gasteiger partial charge in [-0.1, -0.05) is 0 Å². The summed E-state index contributed by atoms with van der Waals surface area (Å²) in [6, 6.07) is 5.76. The van der Waals surface area contributed by atoms with Crippen LogP contribution in [0.4, 0.5) is 4.39 Å². The number of likely N-dealkylation sites (tertiary alicyclic amines) is 1. The van der Waals surface area contributed by atoms with E-state index >= 15 is 0 Å². The number of halogens is 1. The molecule has 1 fully saturated rings. The maximum absolute atomic E-state index is 13.5. The number of carbonyl (C=O) groups is 1. The summed E-state index contributed by atoms with van der Waals surface area (Å²) in [5, 5.41) is 8.60. The monoisotopic (exact) mass is 234 g/mol. The van der Waals surface area contributed by atoms with Crippen molar-refractivity contribution in [2.24, 2.45) is 0 Å². The normalized spacial score (nSPS) is 19.2. The minimum Gasteiger partial charge on any atom is -0.477 e. The van der Waals surface area contributed by atoms with Crippen molar-refractivity contribution >= 4 is 5.91 Å². The first kappa shape index (κ1) is 11.4. The van der Waals surface area contributed by atoms with Crippen LogP contribution in [0.1, 0.15) is 12.0 Å². The van der Waals surface area contributed by atoms with Crippen LogP contribution in [0.25, 0.3) is 0 Å². The van der Waals surface area contributed by atoms with Crippen molar-refractivity contribution in [1.29, 1.82) is 5.26 Å². The lowest BCUT2D eigenvalue weighted by Crippen LogP contribution is -2.29. The van der Waals surface area contributed by atoms with Gasteiger partial charge in [-0.3, -0.25) is 4.79 Å². The van der Waals surface area contributed by atoms with Crippen LogP contribution in [-0.2, 0) is 4.79 Å². The van der Waals surface area contributed by atoms with Crippen molar-refractivity contribution in [1.82, 2.24) is 4.90 Å². The molecule has 88 valence electrons. The molecule has 0 bridgehead atoms. The van der Waals surface area contributed by atoms with E-state index in [-0.39, 0.29) is 17.2 Å². The Balaban J connectivity index is 2.15. The predicted octanol–water partition coefficient (Wildman–Crippen LogP) is 1.31. The van der Waals surface area contributed by atoms with E-state index in [0.29, 0.717) is 13.0 Å². The lowest BCUT2D eigenvalue weighted by atomic mass is 10.2. The first-order chi connectivity index (χ1) is 8.11. The summed E-state index contributed by atoms with van der Waals surface area (Å²) >= 11 is 0. The minimum absolute atomic E-state index is 0.0117. The van der Waals surface area contributed by atoms with Gasteiger partial charge in [0.15, 0.2) is 17.7 Å². The van der Waals surface area contributed by atoms with Crippen LogP contribution in [0.3, 0.4) is 0 Å². The molecule has 1 saturated heterocycles. The van der Waals surface area contributed by atoms with E-state index in [4.69, 9.17) is 10.00 Å². The molecule has 0 N–H and O–H groups in total. The van der Waals surface area contributed by atoms with Crippen LogP contribution in [-0.4, -0.2) is 30.5 Å². The molecule has 0 spiro atoms. The molecular weight excluding hydrogens is 223 g/mol. The lowest BCUT2D eigenvalue weighted by molar-refractivity contribution is -0.132. The van der Waals surface area contributed by atoms with Crippen molar-refractivity contribution < 1.29 is 13.9 Å². The first-order valence-electron chi connectivity index (χ1n) is 5.23. The Morgan fingerprint density at radius 1 is 1.59 bits per heavy atom. The van der Waals surface area contributed by atoms with Gasteiger partial charge in [0.2, 0.25) is 0 Å². The minimum atomic E-state index is -0.623. The molecule has 0 aromatic heterocycles. The fourth-order valence-electron chi connectivity index (χ4n) is 1.72. The molecule has 1 atom stereocenters. The van der Waals surface area contributed by atoms with Crippen LogP contribution in [0.15, 0.2) is 18.2 Å². The van der Waals surface area contributed by atoms with Gasteiger partial charge in [-0.15, -0.1) is 0 Å². The molecule has 0 radical (unpaired) electrons. The molecule has 1 heterocycles. The number of amides is 1. The Hall–Kier alpha value is -2.09. The largest absolute Gasteiger partial charge is 0.477 e. The summed E-state index contributed by atoms with van der Waals surface area (Å²) < 4.78 is 18.8. The van der Waals surface area contributed by atoms with Gasteiger partial charge in [0.05, 0.1) is 11.6 Å². The molecule has 5 heteroatoms. The van der Waals surface area contributed by atoms with E-state index in [1.807, 2.05) is 6.07 Å². The number of rotatable bonds is 2. The molecule has 1 amide bonds. The Morgan fingerprint density at radius 3 is 2.88 bits per heavy atom. The van der Waals surface area contributed by atoms with Gasteiger partial charge in [-0.25, -0.2) is 4.39 Å². The standard InChI is InChI=1S/C12H11FN2O2/c1-15-5-4-11(12(15)16)17-10-3-2-8(7-14)6-9(10)13/h2-3,6,11H,4-5H2,1H3. The van der Waals surface area contributed by atoms with Crippen molar-refractivity contribution in [3.63, 3.8) is 0 Å². The highest BCUT2D eigenvalue weighted by molar-refractivity contribution is 5.83. The van der Waals surface area contributed by atoms with E-state index in [0.717, 1.165) is 6.07 Å². The molecule has 4 nitrogen and oxygen atoms in total. The van der Waals surface area contributed by atoms with Crippen LogP contribution in [0.2, 0.25) is 0 Å². The third kappa shape index (κ3) is 2.21. The van der Waals surface area contributed by atoms with E-state index in [1.54, 1.807) is 11.9 Å². The van der Waals surface area contributed by atoms with Crippen LogP contribution in [0, 0.1) is 17.1 Å². The molecule has 1 aliphatic heterocycles. The molecule has 0 saturated carbocycles. The molecule has 2 rings (SSSR count). The zero-order chi connectivity index (χ0) is 12.4. The summed E-state index contributed by atoms with van der Waals surface area (Å²) in [6.07, 6.45) is -0.0724. The van der Waals surface area contributed by atoms with E-state index in [2.05, 4.69) is 0 Å². The molecule has 1 aromatic rings. The molecule has 1 aromatic carbocycles. The zero-order valence-corrected chi connectivity index (χ0v) is 9.31. The molecule has 1 aliphatic rings. The Morgan fingerprint density at radius 2 is 2.35 bits per heavy atom. The second-order valence-electron chi connectivity index (χ2n) is 3.91. The Labute approximate surface area is 98.2 Å². The summed E-state index contributed by atoms with van der Waals surface area (Å²) in [7, 11) is 1.68.